The summed E-state index contributed by atoms with van der Waals surface area (Å²) in [7, 11) is 0. The molecule has 0 unspecified atom stereocenters. The molecule has 5 heteroatoms. The van der Waals surface area contributed by atoms with Gasteiger partial charge in [-0.15, -0.1) is 10.2 Å². The molecule has 0 aliphatic carbocycles. The molecule has 0 spiro atoms. The Hall–Kier alpha value is -2.76. The van der Waals surface area contributed by atoms with Gasteiger partial charge in [0.25, 0.3) is 0 Å². The van der Waals surface area contributed by atoms with Gasteiger partial charge in [0.15, 0.2) is 0 Å². The van der Waals surface area contributed by atoms with Crippen molar-refractivity contribution in [2.75, 3.05) is 32.7 Å². The van der Waals surface area contributed by atoms with Crippen molar-refractivity contribution in [1.82, 2.24) is 20.0 Å². The fourth-order valence-electron chi connectivity index (χ4n) is 3.42. The minimum absolute atomic E-state index is 0.686. The van der Waals surface area contributed by atoms with Gasteiger partial charge in [-0.3, -0.25) is 9.80 Å². The quantitative estimate of drug-likeness (QED) is 0.633. The molecule has 1 aliphatic heterocycles. The molecular weight excluding hydrogens is 348 g/mol. The van der Waals surface area contributed by atoms with Crippen LogP contribution < -0.4 is 0 Å². The van der Waals surface area contributed by atoms with E-state index in [1.807, 2.05) is 24.3 Å². The molecule has 0 bridgehead atoms. The van der Waals surface area contributed by atoms with Crippen LogP contribution in [0.5, 0.6) is 0 Å². The van der Waals surface area contributed by atoms with E-state index in [-0.39, 0.29) is 0 Å². The molecule has 0 N–H and O–H groups in total. The number of aromatic nitrogens is 2. The molecule has 0 radical (unpaired) electrons. The molecule has 1 aromatic heterocycles. The van der Waals surface area contributed by atoms with Gasteiger partial charge in [-0.05, 0) is 11.1 Å². The maximum absolute atomic E-state index is 5.84. The third-order valence-electron chi connectivity index (χ3n) is 5.00. The molecule has 5 nitrogen and oxygen atoms in total. The van der Waals surface area contributed by atoms with Gasteiger partial charge in [0.2, 0.25) is 11.8 Å². The van der Waals surface area contributed by atoms with Gasteiger partial charge in [-0.1, -0.05) is 72.8 Å². The zero-order valence-corrected chi connectivity index (χ0v) is 16.1. The van der Waals surface area contributed by atoms with Crippen molar-refractivity contribution in [2.24, 2.45) is 0 Å². The minimum atomic E-state index is 0.686. The molecular formula is C23H26N4O. The standard InChI is InChI=1S/C23H26N4O/c1-3-8-20(9-4-1)12-7-13-26-14-16-27(17-15-26)19-23-25-24-22(28-23)18-21-10-5-2-6-11-21/h1-12H,13-19H2/b12-7+. The van der Waals surface area contributed by atoms with E-state index >= 15 is 0 Å². The van der Waals surface area contributed by atoms with Crippen molar-refractivity contribution < 1.29 is 4.42 Å². The molecule has 2 aromatic carbocycles. The number of hydrogen-bond donors (Lipinski definition) is 0. The van der Waals surface area contributed by atoms with Crippen molar-refractivity contribution in [3.63, 3.8) is 0 Å². The van der Waals surface area contributed by atoms with Gasteiger partial charge in [0, 0.05) is 32.7 Å². The first-order valence-electron chi connectivity index (χ1n) is 9.87. The summed E-state index contributed by atoms with van der Waals surface area (Å²) in [4.78, 5) is 4.86. The summed E-state index contributed by atoms with van der Waals surface area (Å²) in [5.74, 6) is 1.40. The number of rotatable bonds is 7. The van der Waals surface area contributed by atoms with E-state index in [0.29, 0.717) is 18.2 Å². The van der Waals surface area contributed by atoms with Crippen LogP contribution in [-0.4, -0.2) is 52.7 Å². The molecule has 28 heavy (non-hydrogen) atoms. The second-order valence-electron chi connectivity index (χ2n) is 7.14. The molecule has 1 aliphatic rings. The highest BCUT2D eigenvalue weighted by Crippen LogP contribution is 2.11. The zero-order valence-electron chi connectivity index (χ0n) is 16.1. The van der Waals surface area contributed by atoms with Crippen molar-refractivity contribution >= 4 is 6.08 Å². The molecule has 3 aromatic rings. The Morgan fingerprint density at radius 1 is 0.786 bits per heavy atom. The lowest BCUT2D eigenvalue weighted by molar-refractivity contribution is 0.128. The number of benzene rings is 2. The highest BCUT2D eigenvalue weighted by atomic mass is 16.4. The van der Waals surface area contributed by atoms with Crippen LogP contribution in [0, 0.1) is 0 Å². The van der Waals surface area contributed by atoms with Crippen LogP contribution >= 0.6 is 0 Å². The Morgan fingerprint density at radius 3 is 2.18 bits per heavy atom. The fraction of sp³-hybridized carbons (Fsp3) is 0.304. The normalized spacial score (nSPS) is 16.0. The van der Waals surface area contributed by atoms with Crippen molar-refractivity contribution in [3.8, 4) is 0 Å². The SMILES string of the molecule is C(=C\c1ccccc1)/CN1CCN(Cc2nnc(Cc3ccccc3)o2)CC1. The third kappa shape index (κ3) is 5.38. The molecule has 2 heterocycles. The number of piperazine rings is 1. The first kappa shape index (κ1) is 18.6. The number of hydrogen-bond acceptors (Lipinski definition) is 5. The van der Waals surface area contributed by atoms with E-state index in [1.165, 1.54) is 11.1 Å². The first-order valence-corrected chi connectivity index (χ1v) is 9.87. The second-order valence-corrected chi connectivity index (χ2v) is 7.14. The first-order chi connectivity index (χ1) is 13.8. The van der Waals surface area contributed by atoms with E-state index in [2.05, 4.69) is 68.5 Å². The maximum Gasteiger partial charge on any atom is 0.230 e. The van der Waals surface area contributed by atoms with Gasteiger partial charge < -0.3 is 4.42 Å². The summed E-state index contributed by atoms with van der Waals surface area (Å²) >= 11 is 0. The van der Waals surface area contributed by atoms with E-state index in [4.69, 9.17) is 4.42 Å². The van der Waals surface area contributed by atoms with Crippen LogP contribution in [0.1, 0.15) is 22.9 Å². The van der Waals surface area contributed by atoms with E-state index in [0.717, 1.165) is 39.3 Å². The minimum Gasteiger partial charge on any atom is -0.424 e. The average molecular weight is 374 g/mol. The molecule has 1 saturated heterocycles. The van der Waals surface area contributed by atoms with E-state index in [9.17, 15) is 0 Å². The molecule has 4 rings (SSSR count). The van der Waals surface area contributed by atoms with Crippen LogP contribution in [0.3, 0.4) is 0 Å². The summed E-state index contributed by atoms with van der Waals surface area (Å²) in [5.41, 5.74) is 2.44. The second kappa shape index (κ2) is 9.44. The highest BCUT2D eigenvalue weighted by molar-refractivity contribution is 5.48. The summed E-state index contributed by atoms with van der Waals surface area (Å²) < 4.78 is 5.84. The summed E-state index contributed by atoms with van der Waals surface area (Å²) in [6.45, 7) is 5.89. The van der Waals surface area contributed by atoms with Crippen molar-refractivity contribution in [1.29, 1.82) is 0 Å². The molecule has 1 fully saturated rings. The van der Waals surface area contributed by atoms with Crippen molar-refractivity contribution in [3.05, 3.63) is 89.6 Å². The van der Waals surface area contributed by atoms with E-state index in [1.54, 1.807) is 0 Å². The largest absolute Gasteiger partial charge is 0.424 e. The van der Waals surface area contributed by atoms with Gasteiger partial charge in [-0.2, -0.15) is 0 Å². The van der Waals surface area contributed by atoms with Gasteiger partial charge in [0.1, 0.15) is 0 Å². The predicted octanol–water partition coefficient (Wildman–Crippen LogP) is 3.49. The lowest BCUT2D eigenvalue weighted by Crippen LogP contribution is -2.45. The third-order valence-corrected chi connectivity index (χ3v) is 5.00. The van der Waals surface area contributed by atoms with Gasteiger partial charge in [-0.25, -0.2) is 0 Å². The van der Waals surface area contributed by atoms with Gasteiger partial charge >= 0.3 is 0 Å². The Morgan fingerprint density at radius 2 is 1.43 bits per heavy atom. The Kier molecular flexibility index (Phi) is 6.27. The fourth-order valence-corrected chi connectivity index (χ4v) is 3.42. The lowest BCUT2D eigenvalue weighted by Gasteiger charge is -2.33. The van der Waals surface area contributed by atoms with Crippen LogP contribution in [0.2, 0.25) is 0 Å². The highest BCUT2D eigenvalue weighted by Gasteiger charge is 2.18. The average Bonchev–Trinajstić information content (AvgIpc) is 3.17. The summed E-state index contributed by atoms with van der Waals surface area (Å²) in [6, 6.07) is 20.7. The smallest absolute Gasteiger partial charge is 0.230 e. The molecule has 0 amide bonds. The maximum atomic E-state index is 5.84. The van der Waals surface area contributed by atoms with Crippen molar-refractivity contribution in [2.45, 2.75) is 13.0 Å². The number of nitrogens with zero attached hydrogens (tertiary/aromatic N) is 4. The molecule has 0 atom stereocenters. The Balaban J connectivity index is 1.21. The van der Waals surface area contributed by atoms with Gasteiger partial charge in [0.05, 0.1) is 13.0 Å². The molecule has 0 saturated carbocycles. The Labute approximate surface area is 166 Å². The monoisotopic (exact) mass is 374 g/mol. The molecule has 144 valence electrons. The van der Waals surface area contributed by atoms with Crippen LogP contribution in [-0.2, 0) is 13.0 Å². The lowest BCUT2D eigenvalue weighted by atomic mass is 10.2. The summed E-state index contributed by atoms with van der Waals surface area (Å²) in [6.07, 6.45) is 5.13. The Bertz CT molecular complexity index is 868. The van der Waals surface area contributed by atoms with Crippen LogP contribution in [0.25, 0.3) is 6.08 Å². The predicted molar refractivity (Wildman–Crippen MR) is 111 cm³/mol. The van der Waals surface area contributed by atoms with Crippen LogP contribution in [0.4, 0.5) is 0 Å². The zero-order chi connectivity index (χ0) is 19.0. The van der Waals surface area contributed by atoms with E-state index < -0.39 is 0 Å². The summed E-state index contributed by atoms with van der Waals surface area (Å²) in [5, 5.41) is 8.42. The van der Waals surface area contributed by atoms with Crippen LogP contribution in [0.15, 0.2) is 71.2 Å². The topological polar surface area (TPSA) is 45.4 Å².